The van der Waals surface area contributed by atoms with Crippen LogP contribution >= 0.6 is 24.2 Å². The van der Waals surface area contributed by atoms with Crippen molar-refractivity contribution in [2.24, 2.45) is 4.99 Å². The van der Waals surface area contributed by atoms with Crippen molar-refractivity contribution >= 4 is 51.2 Å². The Hall–Kier alpha value is -0.960. The molecule has 0 saturated heterocycles. The Morgan fingerprint density at radius 1 is 1.59 bits per heavy atom. The fourth-order valence-corrected chi connectivity index (χ4v) is 2.38. The van der Waals surface area contributed by atoms with Crippen LogP contribution in [0.5, 0.6) is 0 Å². The van der Waals surface area contributed by atoms with Crippen LogP contribution in [0.2, 0.25) is 0 Å². The molecule has 0 spiro atoms. The zero-order valence-electron chi connectivity index (χ0n) is 8.78. The number of guanidine groups is 1. The number of hydrogen-bond donors (Lipinski definition) is 2. The van der Waals surface area contributed by atoms with Crippen LogP contribution in [0.15, 0.2) is 34.2 Å². The van der Waals surface area contributed by atoms with Gasteiger partial charge in [0.2, 0.25) is 21.4 Å². The number of fused-ring (bicyclic) bond motifs is 1. The Balaban J connectivity index is 2.28. The molecule has 1 heterocycles. The van der Waals surface area contributed by atoms with Gasteiger partial charge in [0, 0.05) is 7.05 Å². The lowest BCUT2D eigenvalue weighted by Crippen LogP contribution is -2.41. The quantitative estimate of drug-likeness (QED) is 0.430. The van der Waals surface area contributed by atoms with Gasteiger partial charge in [0.1, 0.15) is 0 Å². The van der Waals surface area contributed by atoms with Crippen molar-refractivity contribution in [1.29, 1.82) is 0 Å². The third-order valence-corrected chi connectivity index (χ3v) is 4.21. The highest BCUT2D eigenvalue weighted by Gasteiger charge is 2.20. The van der Waals surface area contributed by atoms with Crippen molar-refractivity contribution in [1.82, 2.24) is 9.62 Å². The fraction of sp³-hybridized carbons (Fsp3) is 0.111. The first kappa shape index (κ1) is 12.5. The number of para-hydroxylation sites is 1. The van der Waals surface area contributed by atoms with Crippen LogP contribution in [-0.4, -0.2) is 31.0 Å². The van der Waals surface area contributed by atoms with E-state index in [0.29, 0.717) is 5.96 Å². The van der Waals surface area contributed by atoms with Crippen molar-refractivity contribution in [3.63, 3.8) is 0 Å². The number of aliphatic imine (C=N–C) groups is 1. The summed E-state index contributed by atoms with van der Waals surface area (Å²) in [5, 5.41) is 0. The second-order valence-electron chi connectivity index (χ2n) is 3.18. The standard InChI is InChI=1S/C9H9N3O2S3/c1-12(9(15)17(13)14)8-10-6-4-2-3-5-7(6)16-11-8/h2-5H,1H3,(H,10,11)(H,13,14). The molecular weight excluding hydrogens is 278 g/mol. The minimum absolute atomic E-state index is 0.0868. The largest absolute Gasteiger partial charge is 0.300 e. The summed E-state index contributed by atoms with van der Waals surface area (Å²) in [6.45, 7) is 0. The molecule has 5 nitrogen and oxygen atoms in total. The summed E-state index contributed by atoms with van der Waals surface area (Å²) in [7, 11) is 1.59. The first-order valence-corrected chi connectivity index (χ1v) is 6.92. The highest BCUT2D eigenvalue weighted by molar-refractivity contribution is 8.09. The molecule has 2 N–H and O–H groups in total. The van der Waals surface area contributed by atoms with Crippen LogP contribution in [0.1, 0.15) is 0 Å². The van der Waals surface area contributed by atoms with Gasteiger partial charge in [-0.3, -0.25) is 9.62 Å². The zero-order valence-corrected chi connectivity index (χ0v) is 11.2. The number of hydrogen-bond acceptors (Lipinski definition) is 5. The number of thiocarbonyl (C=S) groups is 1. The second-order valence-corrected chi connectivity index (χ2v) is 5.56. The third kappa shape index (κ3) is 2.65. The lowest BCUT2D eigenvalue weighted by molar-refractivity contribution is 0.572. The molecule has 0 aliphatic carbocycles. The maximum atomic E-state index is 10.9. The van der Waals surface area contributed by atoms with Gasteiger partial charge in [-0.05, 0) is 36.3 Å². The molecule has 1 unspecified atom stereocenters. The van der Waals surface area contributed by atoms with Gasteiger partial charge in [-0.15, -0.1) is 0 Å². The Kier molecular flexibility index (Phi) is 3.77. The predicted molar refractivity (Wildman–Crippen MR) is 73.7 cm³/mol. The lowest BCUT2D eigenvalue weighted by atomic mass is 10.3. The molecule has 0 radical (unpaired) electrons. The second kappa shape index (κ2) is 5.13. The van der Waals surface area contributed by atoms with Gasteiger partial charge < -0.3 is 4.55 Å². The smallest absolute Gasteiger partial charge is 0.215 e. The summed E-state index contributed by atoms with van der Waals surface area (Å²) in [5.41, 5.74) is 0.810. The van der Waals surface area contributed by atoms with E-state index in [0.717, 1.165) is 10.6 Å². The highest BCUT2D eigenvalue weighted by atomic mass is 32.2. The van der Waals surface area contributed by atoms with E-state index in [9.17, 15) is 4.21 Å². The molecule has 1 aromatic rings. The molecule has 1 atom stereocenters. The van der Waals surface area contributed by atoms with Crippen molar-refractivity contribution in [3.8, 4) is 0 Å². The molecule has 17 heavy (non-hydrogen) atoms. The van der Waals surface area contributed by atoms with E-state index in [1.165, 1.54) is 16.8 Å². The summed E-state index contributed by atoms with van der Waals surface area (Å²) in [6.07, 6.45) is 0. The van der Waals surface area contributed by atoms with Crippen molar-refractivity contribution in [2.45, 2.75) is 4.90 Å². The minimum atomic E-state index is -2.17. The summed E-state index contributed by atoms with van der Waals surface area (Å²) in [5.74, 6) is 0.445. The minimum Gasteiger partial charge on any atom is -0.300 e. The summed E-state index contributed by atoms with van der Waals surface area (Å²) in [6, 6.07) is 7.62. The SMILES string of the molecule is CN(C(=S)S(=O)O)C1=Nc2ccccc2SN1. The van der Waals surface area contributed by atoms with Gasteiger partial charge in [0.15, 0.2) is 0 Å². The molecule has 0 fully saturated rings. The van der Waals surface area contributed by atoms with E-state index >= 15 is 0 Å². The van der Waals surface area contributed by atoms with Crippen LogP contribution in [0.3, 0.4) is 0 Å². The highest BCUT2D eigenvalue weighted by Crippen LogP contribution is 2.31. The normalized spacial score (nSPS) is 15.3. The van der Waals surface area contributed by atoms with Crippen LogP contribution < -0.4 is 4.72 Å². The molecule has 90 valence electrons. The van der Waals surface area contributed by atoms with Gasteiger partial charge in [-0.25, -0.2) is 9.20 Å². The maximum Gasteiger partial charge on any atom is 0.215 e. The number of rotatable bonds is 0. The fourth-order valence-electron chi connectivity index (χ4n) is 1.22. The van der Waals surface area contributed by atoms with Crippen molar-refractivity contribution in [2.75, 3.05) is 7.05 Å². The Morgan fingerprint density at radius 3 is 3.00 bits per heavy atom. The molecular formula is C9H9N3O2S3. The van der Waals surface area contributed by atoms with Crippen LogP contribution in [0.25, 0.3) is 0 Å². The van der Waals surface area contributed by atoms with Crippen LogP contribution in [-0.2, 0) is 11.1 Å². The first-order valence-electron chi connectivity index (χ1n) is 4.58. The summed E-state index contributed by atoms with van der Waals surface area (Å²) in [4.78, 5) is 6.71. The molecule has 0 saturated carbocycles. The molecule has 1 aliphatic heterocycles. The Labute approximate surface area is 111 Å². The Morgan fingerprint density at radius 2 is 2.29 bits per heavy atom. The zero-order chi connectivity index (χ0) is 12.4. The van der Waals surface area contributed by atoms with Gasteiger partial charge in [0.05, 0.1) is 10.6 Å². The molecule has 2 rings (SSSR count). The van der Waals surface area contributed by atoms with Gasteiger partial charge in [-0.1, -0.05) is 12.1 Å². The molecule has 8 heteroatoms. The summed E-state index contributed by atoms with van der Waals surface area (Å²) < 4.78 is 22.7. The molecule has 0 amide bonds. The average molecular weight is 287 g/mol. The van der Waals surface area contributed by atoms with E-state index in [1.807, 2.05) is 24.3 Å². The maximum absolute atomic E-state index is 10.9. The molecule has 0 aromatic heterocycles. The van der Waals surface area contributed by atoms with E-state index in [-0.39, 0.29) is 4.32 Å². The summed E-state index contributed by atoms with van der Waals surface area (Å²) >= 11 is 4.04. The molecule has 1 aromatic carbocycles. The van der Waals surface area contributed by atoms with E-state index in [1.54, 1.807) is 7.05 Å². The van der Waals surface area contributed by atoms with Crippen molar-refractivity contribution < 1.29 is 8.76 Å². The molecule has 0 bridgehead atoms. The number of nitrogens with zero attached hydrogens (tertiary/aromatic N) is 2. The van der Waals surface area contributed by atoms with Gasteiger partial charge in [0.25, 0.3) is 0 Å². The van der Waals surface area contributed by atoms with Gasteiger partial charge >= 0.3 is 0 Å². The van der Waals surface area contributed by atoms with Crippen molar-refractivity contribution in [3.05, 3.63) is 24.3 Å². The lowest BCUT2D eigenvalue weighted by Gasteiger charge is -2.23. The van der Waals surface area contributed by atoms with Crippen LogP contribution in [0, 0.1) is 0 Å². The predicted octanol–water partition coefficient (Wildman–Crippen LogP) is 1.72. The third-order valence-electron chi connectivity index (χ3n) is 2.08. The van der Waals surface area contributed by atoms with E-state index in [4.69, 9.17) is 16.8 Å². The van der Waals surface area contributed by atoms with E-state index < -0.39 is 11.1 Å². The van der Waals surface area contributed by atoms with Gasteiger partial charge in [-0.2, -0.15) is 0 Å². The number of benzene rings is 1. The topological polar surface area (TPSA) is 64.9 Å². The Bertz CT molecular complexity index is 518. The van der Waals surface area contributed by atoms with E-state index in [2.05, 4.69) is 9.71 Å². The monoisotopic (exact) mass is 287 g/mol. The first-order chi connectivity index (χ1) is 8.09. The van der Waals surface area contributed by atoms with Crippen LogP contribution in [0.4, 0.5) is 5.69 Å². The molecule has 1 aliphatic rings. The average Bonchev–Trinajstić information content (AvgIpc) is 2.36. The number of nitrogens with one attached hydrogen (secondary N) is 1.